The van der Waals surface area contributed by atoms with Gasteiger partial charge in [-0.25, -0.2) is 4.98 Å². The van der Waals surface area contributed by atoms with Gasteiger partial charge in [-0.05, 0) is 43.7 Å². The Morgan fingerprint density at radius 3 is 2.86 bits per heavy atom. The lowest BCUT2D eigenvalue weighted by atomic mass is 10.0. The predicted molar refractivity (Wildman–Crippen MR) is 83.3 cm³/mol. The predicted octanol–water partition coefficient (Wildman–Crippen LogP) is 2.84. The molecule has 1 aliphatic rings. The number of anilines is 1. The maximum absolute atomic E-state index is 11.6. The third-order valence-electron chi connectivity index (χ3n) is 3.53. The molecule has 1 N–H and O–H groups in total. The molecule has 0 saturated carbocycles. The molecule has 0 aliphatic carbocycles. The first-order chi connectivity index (χ1) is 10.2. The third-order valence-corrected chi connectivity index (χ3v) is 4.06. The van der Waals surface area contributed by atoms with Gasteiger partial charge < -0.3 is 5.32 Å². The minimum atomic E-state index is 0.0865. The van der Waals surface area contributed by atoms with E-state index in [0.717, 1.165) is 41.0 Å². The molecular weight excluding hydrogens is 284 g/mol. The molecule has 1 aromatic heterocycles. The van der Waals surface area contributed by atoms with Crippen molar-refractivity contribution in [1.29, 1.82) is 0 Å². The number of nitrogens with zero attached hydrogens (tertiary/aromatic N) is 3. The number of aryl methyl sites for hydroxylation is 2. The second kappa shape index (κ2) is 5.81. The van der Waals surface area contributed by atoms with Gasteiger partial charge in [0.2, 0.25) is 11.1 Å². The molecule has 1 amide bonds. The van der Waals surface area contributed by atoms with Crippen molar-refractivity contribution in [2.45, 2.75) is 31.3 Å². The maximum Gasteiger partial charge on any atom is 0.224 e. The van der Waals surface area contributed by atoms with Crippen molar-refractivity contribution in [3.05, 3.63) is 29.5 Å². The summed E-state index contributed by atoms with van der Waals surface area (Å²) in [5.74, 6) is 0.0865. The molecule has 21 heavy (non-hydrogen) atoms. The maximum atomic E-state index is 11.6. The Morgan fingerprint density at radius 2 is 2.10 bits per heavy atom. The number of thioether (sulfide) groups is 1. The van der Waals surface area contributed by atoms with Gasteiger partial charge in [0.1, 0.15) is 5.69 Å². The molecule has 0 saturated heterocycles. The van der Waals surface area contributed by atoms with E-state index in [2.05, 4.69) is 26.6 Å². The molecule has 0 unspecified atom stereocenters. The van der Waals surface area contributed by atoms with Gasteiger partial charge in [-0.3, -0.25) is 4.79 Å². The fourth-order valence-electron chi connectivity index (χ4n) is 2.46. The molecule has 5 nitrogen and oxygen atoms in total. The van der Waals surface area contributed by atoms with Crippen molar-refractivity contribution in [3.63, 3.8) is 0 Å². The summed E-state index contributed by atoms with van der Waals surface area (Å²) in [6, 6.07) is 5.98. The Kier molecular flexibility index (Phi) is 3.88. The number of carbonyl (C=O) groups excluding carboxylic acids is 1. The zero-order valence-electron chi connectivity index (χ0n) is 12.0. The van der Waals surface area contributed by atoms with E-state index in [1.165, 1.54) is 11.8 Å². The van der Waals surface area contributed by atoms with Crippen LogP contribution in [0, 0.1) is 6.92 Å². The van der Waals surface area contributed by atoms with Crippen molar-refractivity contribution < 1.29 is 4.79 Å². The monoisotopic (exact) mass is 300 g/mol. The molecule has 108 valence electrons. The van der Waals surface area contributed by atoms with Gasteiger partial charge in [-0.1, -0.05) is 17.8 Å². The normalized spacial score (nSPS) is 14.3. The van der Waals surface area contributed by atoms with E-state index in [-0.39, 0.29) is 5.91 Å². The van der Waals surface area contributed by atoms with E-state index in [1.54, 1.807) is 0 Å². The van der Waals surface area contributed by atoms with Gasteiger partial charge in [-0.15, -0.1) is 10.2 Å². The van der Waals surface area contributed by atoms with Gasteiger partial charge in [0.15, 0.2) is 0 Å². The van der Waals surface area contributed by atoms with Crippen LogP contribution in [-0.4, -0.2) is 27.3 Å². The highest BCUT2D eigenvalue weighted by atomic mass is 32.2. The van der Waals surface area contributed by atoms with Crippen LogP contribution in [0.4, 0.5) is 5.69 Å². The second-order valence-corrected chi connectivity index (χ2v) is 5.78. The lowest BCUT2D eigenvalue weighted by Crippen LogP contribution is -2.09. The highest BCUT2D eigenvalue weighted by Gasteiger charge is 2.15. The van der Waals surface area contributed by atoms with Gasteiger partial charge in [0.25, 0.3) is 0 Å². The van der Waals surface area contributed by atoms with Crippen molar-refractivity contribution in [2.75, 3.05) is 11.6 Å². The minimum Gasteiger partial charge on any atom is -0.326 e. The molecule has 1 aromatic carbocycles. The number of rotatable bonds is 2. The highest BCUT2D eigenvalue weighted by molar-refractivity contribution is 7.98. The Hall–Kier alpha value is -1.95. The first-order valence-corrected chi connectivity index (χ1v) is 8.08. The molecule has 2 heterocycles. The summed E-state index contributed by atoms with van der Waals surface area (Å²) >= 11 is 1.48. The number of hydrogen-bond acceptors (Lipinski definition) is 5. The quantitative estimate of drug-likeness (QED) is 0.864. The molecule has 2 aromatic rings. The van der Waals surface area contributed by atoms with Gasteiger partial charge in [0, 0.05) is 17.7 Å². The van der Waals surface area contributed by atoms with Gasteiger partial charge >= 0.3 is 0 Å². The SMILES string of the molecule is CSc1nnc(-c2ccc3c(c2)CCCC(=O)N3)c(C)n1. The molecule has 1 aliphatic heterocycles. The number of amides is 1. The van der Waals surface area contributed by atoms with E-state index in [4.69, 9.17) is 0 Å². The molecule has 0 fully saturated rings. The molecular formula is C15H16N4OS. The molecule has 6 heteroatoms. The van der Waals surface area contributed by atoms with E-state index in [1.807, 2.05) is 25.3 Å². The summed E-state index contributed by atoms with van der Waals surface area (Å²) in [6.45, 7) is 1.94. The number of benzene rings is 1. The van der Waals surface area contributed by atoms with Crippen LogP contribution in [0.1, 0.15) is 24.1 Å². The Bertz CT molecular complexity index is 702. The average Bonchev–Trinajstić information content (AvgIpc) is 2.67. The number of carbonyl (C=O) groups is 1. The molecule has 0 radical (unpaired) electrons. The standard InChI is InChI=1S/C15H16N4OS/c1-9-14(18-19-15(16-9)21-2)11-6-7-12-10(8-11)4-3-5-13(20)17-12/h6-8H,3-5H2,1-2H3,(H,17,20). The highest BCUT2D eigenvalue weighted by Crippen LogP contribution is 2.28. The van der Waals surface area contributed by atoms with Crippen LogP contribution in [0.3, 0.4) is 0 Å². The minimum absolute atomic E-state index is 0.0865. The van der Waals surface area contributed by atoms with Crippen LogP contribution in [0.5, 0.6) is 0 Å². The van der Waals surface area contributed by atoms with Crippen LogP contribution in [0.15, 0.2) is 23.4 Å². The number of fused-ring (bicyclic) bond motifs is 1. The summed E-state index contributed by atoms with van der Waals surface area (Å²) in [5, 5.41) is 12.0. The van der Waals surface area contributed by atoms with E-state index in [0.29, 0.717) is 11.6 Å². The Balaban J connectivity index is 2.00. The molecule has 0 bridgehead atoms. The second-order valence-electron chi connectivity index (χ2n) is 5.01. The van der Waals surface area contributed by atoms with Crippen molar-refractivity contribution >= 4 is 23.4 Å². The molecule has 0 spiro atoms. The van der Waals surface area contributed by atoms with Crippen molar-refractivity contribution in [1.82, 2.24) is 15.2 Å². The van der Waals surface area contributed by atoms with Crippen LogP contribution in [0.2, 0.25) is 0 Å². The zero-order chi connectivity index (χ0) is 14.8. The van der Waals surface area contributed by atoms with Crippen LogP contribution >= 0.6 is 11.8 Å². The lowest BCUT2D eigenvalue weighted by Gasteiger charge is -2.10. The topological polar surface area (TPSA) is 67.8 Å². The number of hydrogen-bond donors (Lipinski definition) is 1. The summed E-state index contributed by atoms with van der Waals surface area (Å²) < 4.78 is 0. The first kappa shape index (κ1) is 14.0. The average molecular weight is 300 g/mol. The van der Waals surface area contributed by atoms with Crippen LogP contribution < -0.4 is 5.32 Å². The summed E-state index contributed by atoms with van der Waals surface area (Å²) in [6.07, 6.45) is 4.27. The number of aromatic nitrogens is 3. The fraction of sp³-hybridized carbons (Fsp3) is 0.333. The van der Waals surface area contributed by atoms with E-state index >= 15 is 0 Å². The Morgan fingerprint density at radius 1 is 1.24 bits per heavy atom. The summed E-state index contributed by atoms with van der Waals surface area (Å²) in [7, 11) is 0. The van der Waals surface area contributed by atoms with E-state index in [9.17, 15) is 4.79 Å². The molecule has 0 atom stereocenters. The third kappa shape index (κ3) is 2.90. The van der Waals surface area contributed by atoms with E-state index < -0.39 is 0 Å². The van der Waals surface area contributed by atoms with Crippen molar-refractivity contribution in [3.8, 4) is 11.3 Å². The summed E-state index contributed by atoms with van der Waals surface area (Å²) in [4.78, 5) is 16.0. The van der Waals surface area contributed by atoms with Crippen molar-refractivity contribution in [2.24, 2.45) is 0 Å². The zero-order valence-corrected chi connectivity index (χ0v) is 12.8. The van der Waals surface area contributed by atoms with Crippen LogP contribution in [0.25, 0.3) is 11.3 Å². The fourth-order valence-corrected chi connectivity index (χ4v) is 2.81. The smallest absolute Gasteiger partial charge is 0.224 e. The first-order valence-electron chi connectivity index (χ1n) is 6.86. The largest absolute Gasteiger partial charge is 0.326 e. The lowest BCUT2D eigenvalue weighted by molar-refractivity contribution is -0.116. The Labute approximate surface area is 127 Å². The molecule has 3 rings (SSSR count). The van der Waals surface area contributed by atoms with Gasteiger partial charge in [0.05, 0.1) is 5.69 Å². The van der Waals surface area contributed by atoms with Gasteiger partial charge in [-0.2, -0.15) is 0 Å². The van der Waals surface area contributed by atoms with Crippen LogP contribution in [-0.2, 0) is 11.2 Å². The number of nitrogens with one attached hydrogen (secondary N) is 1. The summed E-state index contributed by atoms with van der Waals surface area (Å²) in [5.41, 5.74) is 4.71.